The fourth-order valence-electron chi connectivity index (χ4n) is 1.64. The molecular formula is C12H18BrClN2. The molecule has 0 heterocycles. The van der Waals surface area contributed by atoms with E-state index in [1.54, 1.807) is 0 Å². The molecular weight excluding hydrogens is 288 g/mol. The first-order chi connectivity index (χ1) is 7.58. The van der Waals surface area contributed by atoms with Crippen LogP contribution >= 0.6 is 27.5 Å². The molecule has 0 saturated carbocycles. The van der Waals surface area contributed by atoms with Gasteiger partial charge >= 0.3 is 0 Å². The average Bonchev–Trinajstić information content (AvgIpc) is 2.29. The Kier molecular flexibility index (Phi) is 5.76. The second-order valence-electron chi connectivity index (χ2n) is 4.13. The normalized spacial score (nSPS) is 14.8. The molecule has 0 bridgehead atoms. The van der Waals surface area contributed by atoms with Crippen molar-refractivity contribution >= 4 is 27.5 Å². The highest BCUT2D eigenvalue weighted by molar-refractivity contribution is 9.10. The molecule has 0 aromatic heterocycles. The molecule has 1 aromatic rings. The van der Waals surface area contributed by atoms with Gasteiger partial charge in [-0.15, -0.1) is 0 Å². The van der Waals surface area contributed by atoms with Crippen LogP contribution in [0.4, 0.5) is 0 Å². The van der Waals surface area contributed by atoms with E-state index in [1.807, 2.05) is 18.2 Å². The van der Waals surface area contributed by atoms with Gasteiger partial charge in [0.1, 0.15) is 0 Å². The van der Waals surface area contributed by atoms with Crippen molar-refractivity contribution in [2.75, 3.05) is 0 Å². The molecule has 0 radical (unpaired) electrons. The maximum absolute atomic E-state index is 6.00. The number of benzene rings is 1. The number of hydrogen-bond donors (Lipinski definition) is 2. The summed E-state index contributed by atoms with van der Waals surface area (Å²) < 4.78 is 1.04. The van der Waals surface area contributed by atoms with Gasteiger partial charge in [0.2, 0.25) is 0 Å². The Morgan fingerprint density at radius 1 is 1.50 bits per heavy atom. The van der Waals surface area contributed by atoms with Gasteiger partial charge in [0.15, 0.2) is 0 Å². The van der Waals surface area contributed by atoms with E-state index in [0.29, 0.717) is 5.92 Å². The molecule has 0 aliphatic rings. The molecule has 2 nitrogen and oxygen atoms in total. The second kappa shape index (κ2) is 6.60. The van der Waals surface area contributed by atoms with Crippen LogP contribution in [0, 0.1) is 5.92 Å². The van der Waals surface area contributed by atoms with Crippen molar-refractivity contribution in [1.82, 2.24) is 5.43 Å². The van der Waals surface area contributed by atoms with E-state index < -0.39 is 0 Å². The lowest BCUT2D eigenvalue weighted by Crippen LogP contribution is -2.29. The molecule has 0 spiro atoms. The summed E-state index contributed by atoms with van der Waals surface area (Å²) in [6.45, 7) is 4.41. The van der Waals surface area contributed by atoms with Crippen molar-refractivity contribution in [2.45, 2.75) is 32.7 Å². The Morgan fingerprint density at radius 3 is 2.75 bits per heavy atom. The molecule has 90 valence electrons. The highest BCUT2D eigenvalue weighted by Crippen LogP contribution is 2.30. The van der Waals surface area contributed by atoms with Gasteiger partial charge in [-0.3, -0.25) is 11.3 Å². The fourth-order valence-corrected chi connectivity index (χ4v) is 2.34. The van der Waals surface area contributed by atoms with E-state index in [1.165, 1.54) is 0 Å². The predicted octanol–water partition coefficient (Wildman–Crippen LogP) is 4.04. The molecule has 0 amide bonds. The van der Waals surface area contributed by atoms with Crippen molar-refractivity contribution in [3.63, 3.8) is 0 Å². The molecule has 1 rings (SSSR count). The van der Waals surface area contributed by atoms with Crippen molar-refractivity contribution in [1.29, 1.82) is 0 Å². The summed E-state index contributed by atoms with van der Waals surface area (Å²) in [6, 6.07) is 5.92. The second-order valence-corrected chi connectivity index (χ2v) is 5.42. The number of hydrazine groups is 1. The molecule has 0 fully saturated rings. The smallest absolute Gasteiger partial charge is 0.0474 e. The first kappa shape index (κ1) is 14.0. The quantitative estimate of drug-likeness (QED) is 0.636. The van der Waals surface area contributed by atoms with Crippen LogP contribution in [0.2, 0.25) is 5.02 Å². The summed E-state index contributed by atoms with van der Waals surface area (Å²) in [4.78, 5) is 0. The highest BCUT2D eigenvalue weighted by Gasteiger charge is 2.16. The van der Waals surface area contributed by atoms with E-state index >= 15 is 0 Å². The van der Waals surface area contributed by atoms with Crippen LogP contribution in [0.5, 0.6) is 0 Å². The van der Waals surface area contributed by atoms with Crippen molar-refractivity contribution in [3.8, 4) is 0 Å². The third kappa shape index (κ3) is 3.74. The summed E-state index contributed by atoms with van der Waals surface area (Å²) in [6.07, 6.45) is 2.16. The van der Waals surface area contributed by atoms with Crippen molar-refractivity contribution in [3.05, 3.63) is 33.3 Å². The van der Waals surface area contributed by atoms with Gasteiger partial charge in [-0.2, -0.15) is 0 Å². The standard InChI is InChI=1S/C12H18BrClN2/c1-3-8(2)6-12(16-15)10-7-9(14)4-5-11(10)13/h4-5,7-8,12,16H,3,6,15H2,1-2H3. The van der Waals surface area contributed by atoms with Crippen LogP contribution < -0.4 is 11.3 Å². The summed E-state index contributed by atoms with van der Waals surface area (Å²) in [5.74, 6) is 6.24. The third-order valence-electron chi connectivity index (χ3n) is 2.87. The zero-order valence-corrected chi connectivity index (χ0v) is 12.0. The van der Waals surface area contributed by atoms with Crippen LogP contribution in [0.15, 0.2) is 22.7 Å². The van der Waals surface area contributed by atoms with Crippen molar-refractivity contribution < 1.29 is 0 Å². The van der Waals surface area contributed by atoms with Crippen molar-refractivity contribution in [2.24, 2.45) is 11.8 Å². The van der Waals surface area contributed by atoms with E-state index in [9.17, 15) is 0 Å². The largest absolute Gasteiger partial charge is 0.271 e. The molecule has 4 heteroatoms. The van der Waals surface area contributed by atoms with Crippen LogP contribution in [-0.2, 0) is 0 Å². The van der Waals surface area contributed by atoms with Crippen LogP contribution in [0.1, 0.15) is 38.3 Å². The predicted molar refractivity (Wildman–Crippen MR) is 73.3 cm³/mol. The first-order valence-corrected chi connectivity index (χ1v) is 6.66. The van der Waals surface area contributed by atoms with E-state index in [4.69, 9.17) is 17.4 Å². The Morgan fingerprint density at radius 2 is 2.19 bits per heavy atom. The Bertz CT molecular complexity index is 344. The van der Waals surface area contributed by atoms with E-state index in [2.05, 4.69) is 35.2 Å². The number of rotatable bonds is 5. The fraction of sp³-hybridized carbons (Fsp3) is 0.500. The summed E-state index contributed by atoms with van der Waals surface area (Å²) in [5.41, 5.74) is 3.98. The van der Waals surface area contributed by atoms with Gasteiger partial charge in [-0.25, -0.2) is 0 Å². The van der Waals surface area contributed by atoms with Gasteiger partial charge < -0.3 is 0 Å². The molecule has 16 heavy (non-hydrogen) atoms. The lowest BCUT2D eigenvalue weighted by atomic mass is 9.95. The van der Waals surface area contributed by atoms with Gasteiger partial charge in [0, 0.05) is 15.5 Å². The van der Waals surface area contributed by atoms with E-state index in [-0.39, 0.29) is 6.04 Å². The minimum atomic E-state index is 0.142. The first-order valence-electron chi connectivity index (χ1n) is 5.49. The van der Waals surface area contributed by atoms with Crippen LogP contribution in [-0.4, -0.2) is 0 Å². The maximum Gasteiger partial charge on any atom is 0.0474 e. The number of nitrogens with two attached hydrogens (primary N) is 1. The SMILES string of the molecule is CCC(C)CC(NN)c1cc(Cl)ccc1Br. The minimum absolute atomic E-state index is 0.142. The zero-order valence-electron chi connectivity index (χ0n) is 9.63. The molecule has 2 unspecified atom stereocenters. The Balaban J connectivity index is 2.89. The van der Waals surface area contributed by atoms with Gasteiger partial charge in [-0.05, 0) is 36.1 Å². The van der Waals surface area contributed by atoms with Crippen LogP contribution in [0.3, 0.4) is 0 Å². The molecule has 0 aliphatic heterocycles. The van der Waals surface area contributed by atoms with Gasteiger partial charge in [0.25, 0.3) is 0 Å². The van der Waals surface area contributed by atoms with Gasteiger partial charge in [0.05, 0.1) is 0 Å². The average molecular weight is 306 g/mol. The number of nitrogens with one attached hydrogen (secondary N) is 1. The summed E-state index contributed by atoms with van der Waals surface area (Å²) in [7, 11) is 0. The van der Waals surface area contributed by atoms with E-state index in [0.717, 1.165) is 27.9 Å². The highest BCUT2D eigenvalue weighted by atomic mass is 79.9. The molecule has 0 aliphatic carbocycles. The number of halogens is 2. The minimum Gasteiger partial charge on any atom is -0.271 e. The summed E-state index contributed by atoms with van der Waals surface area (Å²) >= 11 is 9.53. The Hall–Kier alpha value is -0.0900. The monoisotopic (exact) mass is 304 g/mol. The summed E-state index contributed by atoms with van der Waals surface area (Å²) in [5, 5.41) is 0.739. The molecule has 1 aromatic carbocycles. The lowest BCUT2D eigenvalue weighted by Gasteiger charge is -2.21. The molecule has 3 N–H and O–H groups in total. The van der Waals surface area contributed by atoms with Crippen LogP contribution in [0.25, 0.3) is 0 Å². The topological polar surface area (TPSA) is 38.0 Å². The molecule has 0 saturated heterocycles. The molecule has 2 atom stereocenters. The lowest BCUT2D eigenvalue weighted by molar-refractivity contribution is 0.407. The van der Waals surface area contributed by atoms with Gasteiger partial charge in [-0.1, -0.05) is 47.8 Å². The zero-order chi connectivity index (χ0) is 12.1. The Labute approximate surface area is 111 Å². The third-order valence-corrected chi connectivity index (χ3v) is 3.83. The number of hydrogen-bond acceptors (Lipinski definition) is 2. The maximum atomic E-state index is 6.00.